The summed E-state index contributed by atoms with van der Waals surface area (Å²) < 4.78 is 5.91. The summed E-state index contributed by atoms with van der Waals surface area (Å²) in [6.45, 7) is 4.20. The molecule has 6 heteroatoms. The van der Waals surface area contributed by atoms with Crippen LogP contribution in [-0.2, 0) is 11.3 Å². The van der Waals surface area contributed by atoms with Gasteiger partial charge in [0, 0.05) is 12.6 Å². The van der Waals surface area contributed by atoms with E-state index < -0.39 is 6.04 Å². The van der Waals surface area contributed by atoms with Crippen molar-refractivity contribution < 1.29 is 14.0 Å². The van der Waals surface area contributed by atoms with Crippen LogP contribution in [0.25, 0.3) is 0 Å². The van der Waals surface area contributed by atoms with Crippen molar-refractivity contribution in [3.05, 3.63) is 81.4 Å². The molecular formula is C26H30N2O3S. The molecule has 168 valence electrons. The van der Waals surface area contributed by atoms with E-state index in [-0.39, 0.29) is 17.9 Å². The Kier molecular flexibility index (Phi) is 7.10. The molecule has 1 N–H and O–H groups in total. The number of furan rings is 1. The molecular weight excluding hydrogens is 420 g/mol. The third kappa shape index (κ3) is 5.30. The first-order valence-corrected chi connectivity index (χ1v) is 12.2. The van der Waals surface area contributed by atoms with Gasteiger partial charge in [-0.2, -0.15) is 0 Å². The normalized spacial score (nSPS) is 15.3. The van der Waals surface area contributed by atoms with Crippen molar-refractivity contribution in [3.8, 4) is 0 Å². The topological polar surface area (TPSA) is 62.6 Å². The lowest BCUT2D eigenvalue weighted by Gasteiger charge is -2.32. The zero-order chi connectivity index (χ0) is 22.5. The van der Waals surface area contributed by atoms with E-state index in [4.69, 9.17) is 4.42 Å². The highest BCUT2D eigenvalue weighted by Gasteiger charge is 2.36. The number of carbonyl (C=O) groups excluding carboxylic acids is 2. The number of hydrogen-bond donors (Lipinski definition) is 1. The number of rotatable bonds is 7. The van der Waals surface area contributed by atoms with Crippen LogP contribution in [0.4, 0.5) is 0 Å². The molecule has 1 aliphatic rings. The average molecular weight is 451 g/mol. The fourth-order valence-electron chi connectivity index (χ4n) is 4.26. The molecule has 0 bridgehead atoms. The van der Waals surface area contributed by atoms with Gasteiger partial charge in [0.15, 0.2) is 6.04 Å². The Morgan fingerprint density at radius 2 is 1.81 bits per heavy atom. The third-order valence-corrected chi connectivity index (χ3v) is 6.87. The Bertz CT molecular complexity index is 1030. The van der Waals surface area contributed by atoms with Crippen LogP contribution in [-0.4, -0.2) is 22.8 Å². The van der Waals surface area contributed by atoms with Crippen LogP contribution in [0.2, 0.25) is 0 Å². The van der Waals surface area contributed by atoms with Crippen molar-refractivity contribution in [2.45, 2.75) is 64.6 Å². The quantitative estimate of drug-likeness (QED) is 0.495. The monoisotopic (exact) mass is 450 g/mol. The van der Waals surface area contributed by atoms with E-state index in [0.29, 0.717) is 22.9 Å². The van der Waals surface area contributed by atoms with Crippen molar-refractivity contribution >= 4 is 23.2 Å². The van der Waals surface area contributed by atoms with E-state index in [9.17, 15) is 9.59 Å². The summed E-state index contributed by atoms with van der Waals surface area (Å²) in [7, 11) is 0. The van der Waals surface area contributed by atoms with Crippen molar-refractivity contribution in [3.63, 3.8) is 0 Å². The molecule has 0 saturated heterocycles. The maximum atomic E-state index is 13.6. The van der Waals surface area contributed by atoms with Gasteiger partial charge < -0.3 is 14.6 Å². The summed E-state index contributed by atoms with van der Waals surface area (Å²) in [6, 6.07) is 14.7. The highest BCUT2D eigenvalue weighted by Crippen LogP contribution is 2.29. The van der Waals surface area contributed by atoms with Crippen LogP contribution in [0.1, 0.15) is 70.5 Å². The minimum absolute atomic E-state index is 0.146. The summed E-state index contributed by atoms with van der Waals surface area (Å²) in [6.07, 6.45) is 5.41. The number of nitrogens with zero attached hydrogens (tertiary/aromatic N) is 1. The van der Waals surface area contributed by atoms with Crippen LogP contribution in [0.5, 0.6) is 0 Å². The highest BCUT2D eigenvalue weighted by atomic mass is 32.1. The van der Waals surface area contributed by atoms with E-state index in [2.05, 4.69) is 5.32 Å². The van der Waals surface area contributed by atoms with Crippen molar-refractivity contribution in [2.24, 2.45) is 0 Å². The average Bonchev–Trinajstić information content (AvgIpc) is 3.47. The van der Waals surface area contributed by atoms with Gasteiger partial charge >= 0.3 is 0 Å². The highest BCUT2D eigenvalue weighted by molar-refractivity contribution is 7.12. The molecule has 1 atom stereocenters. The van der Waals surface area contributed by atoms with E-state index in [1.165, 1.54) is 17.8 Å². The smallest absolute Gasteiger partial charge is 0.265 e. The van der Waals surface area contributed by atoms with E-state index in [0.717, 1.165) is 36.8 Å². The molecule has 1 aliphatic carbocycles. The molecule has 0 radical (unpaired) electrons. The number of thiophene rings is 1. The maximum Gasteiger partial charge on any atom is 0.265 e. The molecule has 2 aromatic heterocycles. The Balaban J connectivity index is 1.69. The second kappa shape index (κ2) is 10.2. The number of benzene rings is 1. The molecule has 1 fully saturated rings. The molecule has 0 unspecified atom stereocenters. The van der Waals surface area contributed by atoms with E-state index in [1.807, 2.05) is 61.7 Å². The predicted molar refractivity (Wildman–Crippen MR) is 127 cm³/mol. The Labute approximate surface area is 193 Å². The molecule has 5 nitrogen and oxygen atoms in total. The Morgan fingerprint density at radius 1 is 1.06 bits per heavy atom. The van der Waals surface area contributed by atoms with E-state index in [1.54, 1.807) is 11.0 Å². The third-order valence-electron chi connectivity index (χ3n) is 6.01. The van der Waals surface area contributed by atoms with Gasteiger partial charge in [0.05, 0.1) is 4.88 Å². The number of aryl methyl sites for hydroxylation is 2. The lowest BCUT2D eigenvalue weighted by atomic mass is 9.95. The van der Waals surface area contributed by atoms with E-state index >= 15 is 0 Å². The Hall–Kier alpha value is -2.86. The van der Waals surface area contributed by atoms with Crippen LogP contribution >= 0.6 is 11.3 Å². The van der Waals surface area contributed by atoms with Gasteiger partial charge in [-0.15, -0.1) is 11.3 Å². The largest absolute Gasteiger partial charge is 0.464 e. The first-order chi connectivity index (χ1) is 15.5. The maximum absolute atomic E-state index is 13.6. The second-order valence-electron chi connectivity index (χ2n) is 8.59. The molecule has 2 amide bonds. The standard InChI is InChI=1S/C26H30N2O3S/c1-18-10-13-20(14-11-18)17-28(26(30)23-9-6-16-32-23)24(22-15-12-19(2)31-22)25(29)27-21-7-4-3-5-8-21/h6,9-16,21,24H,3-5,7-8,17H2,1-2H3,(H,27,29)/t24-/m1/s1. The summed E-state index contributed by atoms with van der Waals surface area (Å²) in [5.74, 6) is 0.865. The molecule has 1 saturated carbocycles. The zero-order valence-electron chi connectivity index (χ0n) is 18.7. The lowest BCUT2D eigenvalue weighted by molar-refractivity contribution is -0.127. The summed E-state index contributed by atoms with van der Waals surface area (Å²) in [4.78, 5) is 29.5. The summed E-state index contributed by atoms with van der Waals surface area (Å²) in [5, 5.41) is 5.09. The fraction of sp³-hybridized carbons (Fsp3) is 0.385. The number of carbonyl (C=O) groups is 2. The predicted octanol–water partition coefficient (Wildman–Crippen LogP) is 5.79. The molecule has 2 heterocycles. The summed E-state index contributed by atoms with van der Waals surface area (Å²) >= 11 is 1.38. The van der Waals surface area contributed by atoms with Gasteiger partial charge in [-0.1, -0.05) is 55.2 Å². The Morgan fingerprint density at radius 3 is 2.44 bits per heavy atom. The lowest BCUT2D eigenvalue weighted by Crippen LogP contribution is -2.46. The van der Waals surface area contributed by atoms with Gasteiger partial charge in [0.2, 0.25) is 0 Å². The van der Waals surface area contributed by atoms with Gasteiger partial charge in [-0.25, -0.2) is 0 Å². The molecule has 1 aromatic carbocycles. The van der Waals surface area contributed by atoms with Gasteiger partial charge in [0.25, 0.3) is 11.8 Å². The molecule has 3 aromatic rings. The van der Waals surface area contributed by atoms with Crippen molar-refractivity contribution in [2.75, 3.05) is 0 Å². The van der Waals surface area contributed by atoms with Crippen LogP contribution in [0.15, 0.2) is 58.3 Å². The van der Waals surface area contributed by atoms with Gasteiger partial charge in [0.1, 0.15) is 11.5 Å². The van der Waals surface area contributed by atoms with Crippen LogP contribution in [0.3, 0.4) is 0 Å². The van der Waals surface area contributed by atoms with Crippen molar-refractivity contribution in [1.29, 1.82) is 0 Å². The number of amides is 2. The number of nitrogens with one attached hydrogen (secondary N) is 1. The zero-order valence-corrected chi connectivity index (χ0v) is 19.5. The minimum atomic E-state index is -0.832. The second-order valence-corrected chi connectivity index (χ2v) is 9.54. The van der Waals surface area contributed by atoms with Gasteiger partial charge in [-0.05, 0) is 55.8 Å². The summed E-state index contributed by atoms with van der Waals surface area (Å²) in [5.41, 5.74) is 2.12. The van der Waals surface area contributed by atoms with Crippen molar-refractivity contribution in [1.82, 2.24) is 10.2 Å². The fourth-order valence-corrected chi connectivity index (χ4v) is 4.94. The SMILES string of the molecule is Cc1ccc(CN(C(=O)c2cccs2)[C@@H](C(=O)NC2CCCCC2)c2ccc(C)o2)cc1. The first kappa shape index (κ1) is 22.3. The van der Waals surface area contributed by atoms with Gasteiger partial charge in [-0.3, -0.25) is 9.59 Å². The molecule has 4 rings (SSSR count). The molecule has 0 aliphatic heterocycles. The van der Waals surface area contributed by atoms with Crippen LogP contribution in [0, 0.1) is 13.8 Å². The number of hydrogen-bond acceptors (Lipinski definition) is 4. The molecule has 32 heavy (non-hydrogen) atoms. The minimum Gasteiger partial charge on any atom is -0.464 e. The molecule has 0 spiro atoms. The van der Waals surface area contributed by atoms with Crippen LogP contribution < -0.4 is 5.32 Å². The first-order valence-electron chi connectivity index (χ1n) is 11.3.